The molecule has 0 spiro atoms. The fourth-order valence-electron chi connectivity index (χ4n) is 2.39. The third-order valence-electron chi connectivity index (χ3n) is 3.90. The fraction of sp³-hybridized carbons (Fsp3) is 0.438. The molecule has 0 aliphatic carbocycles. The minimum Gasteiger partial charge on any atom is -0.319 e. The van der Waals surface area contributed by atoms with Gasteiger partial charge in [0.25, 0.3) is 0 Å². The third-order valence-corrected chi connectivity index (χ3v) is 3.90. The van der Waals surface area contributed by atoms with Crippen molar-refractivity contribution in [2.45, 2.75) is 27.2 Å². The largest absolute Gasteiger partial charge is 0.319 e. The van der Waals surface area contributed by atoms with E-state index in [0.29, 0.717) is 0 Å². The van der Waals surface area contributed by atoms with Crippen molar-refractivity contribution in [3.05, 3.63) is 40.6 Å². The minimum atomic E-state index is 0.961. The first-order valence-electron chi connectivity index (χ1n) is 6.79. The van der Waals surface area contributed by atoms with E-state index in [2.05, 4.69) is 49.4 Å². The Kier molecular flexibility index (Phi) is 4.05. The average molecular weight is 257 g/mol. The average Bonchev–Trinajstić information content (AvgIpc) is 2.75. The van der Waals surface area contributed by atoms with Crippen LogP contribution in [0.25, 0.3) is 11.3 Å². The highest BCUT2D eigenvalue weighted by Crippen LogP contribution is 2.27. The van der Waals surface area contributed by atoms with Gasteiger partial charge < -0.3 is 5.32 Å². The molecule has 3 nitrogen and oxygen atoms in total. The summed E-state index contributed by atoms with van der Waals surface area (Å²) in [5.41, 5.74) is 7.70. The van der Waals surface area contributed by atoms with Gasteiger partial charge in [0.05, 0.1) is 11.4 Å². The van der Waals surface area contributed by atoms with Gasteiger partial charge in [-0.05, 0) is 50.6 Å². The molecule has 2 aromatic rings. The predicted molar refractivity (Wildman–Crippen MR) is 80.5 cm³/mol. The lowest BCUT2D eigenvalue weighted by molar-refractivity contribution is 0.720. The number of nitrogens with zero attached hydrogens (tertiary/aromatic N) is 2. The van der Waals surface area contributed by atoms with Crippen LogP contribution < -0.4 is 5.32 Å². The van der Waals surface area contributed by atoms with Crippen LogP contribution in [0.1, 0.15) is 22.4 Å². The monoisotopic (exact) mass is 257 g/mol. The maximum atomic E-state index is 4.59. The minimum absolute atomic E-state index is 0.961. The SMILES string of the molecule is CNCCc1cc(-c2ccc(C)c(C)c2C)n(C)n1. The number of nitrogens with one attached hydrogen (secondary N) is 1. The molecular formula is C16H23N3. The summed E-state index contributed by atoms with van der Waals surface area (Å²) in [7, 11) is 3.99. The van der Waals surface area contributed by atoms with Crippen LogP contribution in [0.4, 0.5) is 0 Å². The summed E-state index contributed by atoms with van der Waals surface area (Å²) in [6.07, 6.45) is 0.966. The number of aryl methyl sites for hydroxylation is 2. The number of benzene rings is 1. The smallest absolute Gasteiger partial charge is 0.0684 e. The van der Waals surface area contributed by atoms with Crippen LogP contribution in [0.5, 0.6) is 0 Å². The van der Waals surface area contributed by atoms with Gasteiger partial charge in [-0.15, -0.1) is 0 Å². The summed E-state index contributed by atoms with van der Waals surface area (Å²) in [6.45, 7) is 7.50. The molecular weight excluding hydrogens is 234 g/mol. The van der Waals surface area contributed by atoms with Crippen molar-refractivity contribution in [2.75, 3.05) is 13.6 Å². The van der Waals surface area contributed by atoms with E-state index in [9.17, 15) is 0 Å². The molecule has 1 aromatic carbocycles. The molecule has 0 fully saturated rings. The van der Waals surface area contributed by atoms with Crippen LogP contribution in [0.3, 0.4) is 0 Å². The summed E-state index contributed by atoms with van der Waals surface area (Å²) in [5, 5.41) is 7.76. The van der Waals surface area contributed by atoms with Gasteiger partial charge in [-0.1, -0.05) is 12.1 Å². The Morgan fingerprint density at radius 3 is 2.58 bits per heavy atom. The summed E-state index contributed by atoms with van der Waals surface area (Å²) < 4.78 is 1.99. The highest BCUT2D eigenvalue weighted by Gasteiger charge is 2.11. The van der Waals surface area contributed by atoms with Crippen molar-refractivity contribution >= 4 is 0 Å². The van der Waals surface area contributed by atoms with Crippen LogP contribution in [-0.4, -0.2) is 23.4 Å². The van der Waals surface area contributed by atoms with Gasteiger partial charge in [0.1, 0.15) is 0 Å². The van der Waals surface area contributed by atoms with Crippen molar-refractivity contribution in [3.8, 4) is 11.3 Å². The summed E-state index contributed by atoms with van der Waals surface area (Å²) in [6, 6.07) is 6.60. The lowest BCUT2D eigenvalue weighted by atomic mass is 9.97. The summed E-state index contributed by atoms with van der Waals surface area (Å²) >= 11 is 0. The zero-order valence-corrected chi connectivity index (χ0v) is 12.5. The second-order valence-electron chi connectivity index (χ2n) is 5.18. The second-order valence-corrected chi connectivity index (χ2v) is 5.18. The van der Waals surface area contributed by atoms with Crippen LogP contribution in [0.15, 0.2) is 18.2 Å². The quantitative estimate of drug-likeness (QED) is 0.912. The molecule has 0 unspecified atom stereocenters. The van der Waals surface area contributed by atoms with Crippen LogP contribution in [0, 0.1) is 20.8 Å². The molecule has 3 heteroatoms. The zero-order valence-electron chi connectivity index (χ0n) is 12.5. The van der Waals surface area contributed by atoms with Crippen LogP contribution >= 0.6 is 0 Å². The molecule has 0 radical (unpaired) electrons. The van der Waals surface area contributed by atoms with Crippen molar-refractivity contribution in [2.24, 2.45) is 7.05 Å². The number of hydrogen-bond donors (Lipinski definition) is 1. The zero-order chi connectivity index (χ0) is 14.0. The number of likely N-dealkylation sites (N-methyl/N-ethyl adjacent to an activating group) is 1. The van der Waals surface area contributed by atoms with E-state index in [-0.39, 0.29) is 0 Å². The topological polar surface area (TPSA) is 29.9 Å². The summed E-state index contributed by atoms with van der Waals surface area (Å²) in [4.78, 5) is 0. The predicted octanol–water partition coefficient (Wildman–Crippen LogP) is 2.77. The molecule has 102 valence electrons. The van der Waals surface area contributed by atoms with Crippen molar-refractivity contribution in [1.29, 1.82) is 0 Å². The first kappa shape index (κ1) is 13.8. The summed E-state index contributed by atoms with van der Waals surface area (Å²) in [5.74, 6) is 0. The molecule has 0 atom stereocenters. The number of hydrogen-bond acceptors (Lipinski definition) is 2. The van der Waals surface area contributed by atoms with Crippen molar-refractivity contribution < 1.29 is 0 Å². The lowest BCUT2D eigenvalue weighted by Crippen LogP contribution is -2.10. The molecule has 0 aliphatic rings. The van der Waals surface area contributed by atoms with E-state index in [1.165, 1.54) is 27.9 Å². The Labute approximate surface area is 115 Å². The van der Waals surface area contributed by atoms with Gasteiger partial charge >= 0.3 is 0 Å². The van der Waals surface area contributed by atoms with E-state index in [4.69, 9.17) is 0 Å². The molecule has 0 saturated carbocycles. The first-order valence-corrected chi connectivity index (χ1v) is 6.79. The maximum absolute atomic E-state index is 4.59. The molecule has 0 saturated heterocycles. The van der Waals surface area contributed by atoms with Crippen LogP contribution in [-0.2, 0) is 13.5 Å². The Morgan fingerprint density at radius 2 is 1.89 bits per heavy atom. The van der Waals surface area contributed by atoms with Gasteiger partial charge in [-0.3, -0.25) is 4.68 Å². The van der Waals surface area contributed by atoms with E-state index in [1.807, 2.05) is 18.8 Å². The van der Waals surface area contributed by atoms with E-state index in [1.54, 1.807) is 0 Å². The Balaban J connectivity index is 2.42. The second kappa shape index (κ2) is 5.57. The molecule has 1 heterocycles. The maximum Gasteiger partial charge on any atom is 0.0684 e. The van der Waals surface area contributed by atoms with E-state index in [0.717, 1.165) is 18.7 Å². The molecule has 0 amide bonds. The molecule has 0 aliphatic heterocycles. The van der Waals surface area contributed by atoms with Crippen LogP contribution in [0.2, 0.25) is 0 Å². The molecule has 19 heavy (non-hydrogen) atoms. The molecule has 2 rings (SSSR count). The Morgan fingerprint density at radius 1 is 1.16 bits per heavy atom. The van der Waals surface area contributed by atoms with E-state index < -0.39 is 0 Å². The molecule has 1 aromatic heterocycles. The standard InChI is InChI=1S/C16H23N3/c1-11-6-7-15(13(3)12(11)2)16-10-14(8-9-17-4)18-19(16)5/h6-7,10,17H,8-9H2,1-5H3. The van der Waals surface area contributed by atoms with Gasteiger partial charge in [-0.2, -0.15) is 5.10 Å². The van der Waals surface area contributed by atoms with Gasteiger partial charge in [0, 0.05) is 25.6 Å². The Hall–Kier alpha value is -1.61. The van der Waals surface area contributed by atoms with Gasteiger partial charge in [0.15, 0.2) is 0 Å². The Bertz CT molecular complexity index is 582. The number of aromatic nitrogens is 2. The first-order chi connectivity index (χ1) is 9.04. The number of rotatable bonds is 4. The van der Waals surface area contributed by atoms with E-state index >= 15 is 0 Å². The van der Waals surface area contributed by atoms with Gasteiger partial charge in [0.2, 0.25) is 0 Å². The van der Waals surface area contributed by atoms with Crippen molar-refractivity contribution in [1.82, 2.24) is 15.1 Å². The highest BCUT2D eigenvalue weighted by atomic mass is 15.3. The van der Waals surface area contributed by atoms with Gasteiger partial charge in [-0.25, -0.2) is 0 Å². The molecule has 1 N–H and O–H groups in total. The highest BCUT2D eigenvalue weighted by molar-refractivity contribution is 5.66. The lowest BCUT2D eigenvalue weighted by Gasteiger charge is -2.11. The van der Waals surface area contributed by atoms with Crippen molar-refractivity contribution in [3.63, 3.8) is 0 Å². The molecule has 0 bridgehead atoms. The normalized spacial score (nSPS) is 11.0. The third kappa shape index (κ3) is 2.71. The fourth-order valence-corrected chi connectivity index (χ4v) is 2.39.